The number of alkyl halides is 1. The number of nitrogens with one attached hydrogen (secondary N) is 1. The molecular weight excluding hydrogens is 248 g/mol. The number of nitrogens with zero attached hydrogens (tertiary/aromatic N) is 3. The summed E-state index contributed by atoms with van der Waals surface area (Å²) in [5.74, 6) is 1.33. The topological polar surface area (TPSA) is 50.7 Å². The van der Waals surface area contributed by atoms with Gasteiger partial charge in [-0.15, -0.1) is 21.8 Å². The molecule has 1 saturated carbocycles. The summed E-state index contributed by atoms with van der Waals surface area (Å²) < 4.78 is 0. The summed E-state index contributed by atoms with van der Waals surface area (Å²) in [5, 5.41) is 11.5. The van der Waals surface area contributed by atoms with Gasteiger partial charge in [0, 0.05) is 12.4 Å². The van der Waals surface area contributed by atoms with Gasteiger partial charge in [-0.3, -0.25) is 0 Å². The van der Waals surface area contributed by atoms with E-state index >= 15 is 0 Å². The van der Waals surface area contributed by atoms with Gasteiger partial charge in [-0.05, 0) is 36.8 Å². The largest absolute Gasteiger partial charge is 0.352 e. The van der Waals surface area contributed by atoms with Crippen molar-refractivity contribution < 1.29 is 0 Å². The predicted octanol–water partition coefficient (Wildman–Crippen LogP) is 2.85. The standard InChI is InChI=1S/C13H15ClN4/c14-8-7-13(5-6-13)9-15-12-16-10-3-1-2-4-11(10)17-18-12/h1-4H,5-9H2,(H,15,16,18). The predicted molar refractivity (Wildman–Crippen MR) is 72.8 cm³/mol. The number of para-hydroxylation sites is 1. The maximum Gasteiger partial charge on any atom is 0.243 e. The number of anilines is 1. The summed E-state index contributed by atoms with van der Waals surface area (Å²) >= 11 is 5.81. The van der Waals surface area contributed by atoms with Gasteiger partial charge in [0.15, 0.2) is 0 Å². The van der Waals surface area contributed by atoms with E-state index in [4.69, 9.17) is 11.6 Å². The van der Waals surface area contributed by atoms with E-state index in [1.165, 1.54) is 12.8 Å². The second kappa shape index (κ2) is 4.69. The van der Waals surface area contributed by atoms with Crippen LogP contribution in [0, 0.1) is 5.41 Å². The molecule has 1 heterocycles. The summed E-state index contributed by atoms with van der Waals surface area (Å²) in [4.78, 5) is 4.45. The third-order valence-electron chi connectivity index (χ3n) is 3.56. The van der Waals surface area contributed by atoms with Crippen LogP contribution < -0.4 is 5.32 Å². The molecule has 1 aromatic heterocycles. The highest BCUT2D eigenvalue weighted by molar-refractivity contribution is 6.17. The van der Waals surface area contributed by atoms with Gasteiger partial charge in [0.05, 0.1) is 5.52 Å². The third-order valence-corrected chi connectivity index (χ3v) is 3.75. The molecule has 1 aliphatic rings. The Kier molecular flexibility index (Phi) is 3.04. The van der Waals surface area contributed by atoms with E-state index < -0.39 is 0 Å². The average Bonchev–Trinajstić information content (AvgIpc) is 3.17. The summed E-state index contributed by atoms with van der Waals surface area (Å²) in [6.07, 6.45) is 3.55. The molecule has 2 aromatic rings. The van der Waals surface area contributed by atoms with Crippen molar-refractivity contribution in [2.45, 2.75) is 19.3 Å². The van der Waals surface area contributed by atoms with E-state index in [-0.39, 0.29) is 0 Å². The van der Waals surface area contributed by atoms with Gasteiger partial charge in [0.1, 0.15) is 5.52 Å². The van der Waals surface area contributed by atoms with Gasteiger partial charge in [-0.25, -0.2) is 4.98 Å². The minimum atomic E-state index is 0.372. The molecule has 1 N–H and O–H groups in total. The van der Waals surface area contributed by atoms with Crippen molar-refractivity contribution in [2.75, 3.05) is 17.7 Å². The van der Waals surface area contributed by atoms with Crippen LogP contribution in [0.2, 0.25) is 0 Å². The first kappa shape index (κ1) is 11.7. The Morgan fingerprint density at radius 2 is 1.94 bits per heavy atom. The van der Waals surface area contributed by atoms with Crippen LogP contribution in [0.4, 0.5) is 5.95 Å². The Bertz CT molecular complexity index is 553. The second-order valence-corrected chi connectivity index (χ2v) is 5.29. The summed E-state index contributed by atoms with van der Waals surface area (Å²) in [7, 11) is 0. The smallest absolute Gasteiger partial charge is 0.243 e. The maximum atomic E-state index is 5.81. The highest BCUT2D eigenvalue weighted by Crippen LogP contribution is 2.48. The van der Waals surface area contributed by atoms with Crippen molar-refractivity contribution >= 4 is 28.6 Å². The van der Waals surface area contributed by atoms with E-state index in [0.29, 0.717) is 11.4 Å². The van der Waals surface area contributed by atoms with Crippen LogP contribution in [0.25, 0.3) is 11.0 Å². The average molecular weight is 263 g/mol. The number of hydrogen-bond acceptors (Lipinski definition) is 4. The van der Waals surface area contributed by atoms with E-state index in [1.807, 2.05) is 24.3 Å². The minimum absolute atomic E-state index is 0.372. The van der Waals surface area contributed by atoms with Gasteiger partial charge in [0.25, 0.3) is 0 Å². The zero-order chi connectivity index (χ0) is 12.4. The molecule has 4 nitrogen and oxygen atoms in total. The van der Waals surface area contributed by atoms with E-state index in [2.05, 4.69) is 20.5 Å². The molecule has 0 amide bonds. The SMILES string of the molecule is ClCCC1(CNc2nnc3ccccc3n2)CC1. The molecule has 0 saturated heterocycles. The van der Waals surface area contributed by atoms with E-state index in [9.17, 15) is 0 Å². The monoisotopic (exact) mass is 262 g/mol. The fraction of sp³-hybridized carbons (Fsp3) is 0.462. The molecule has 0 unspecified atom stereocenters. The van der Waals surface area contributed by atoms with Gasteiger partial charge in [-0.1, -0.05) is 12.1 Å². The zero-order valence-corrected chi connectivity index (χ0v) is 10.8. The van der Waals surface area contributed by atoms with Crippen LogP contribution in [-0.2, 0) is 0 Å². The Morgan fingerprint density at radius 1 is 1.17 bits per heavy atom. The van der Waals surface area contributed by atoms with E-state index in [0.717, 1.165) is 29.9 Å². The zero-order valence-electron chi connectivity index (χ0n) is 10.1. The Balaban J connectivity index is 1.71. The third kappa shape index (κ3) is 2.38. The van der Waals surface area contributed by atoms with Crippen LogP contribution >= 0.6 is 11.6 Å². The Hall–Kier alpha value is -1.42. The molecule has 0 aliphatic heterocycles. The molecule has 0 radical (unpaired) electrons. The number of rotatable bonds is 5. The van der Waals surface area contributed by atoms with Crippen molar-refractivity contribution in [1.82, 2.24) is 15.2 Å². The van der Waals surface area contributed by atoms with Crippen molar-refractivity contribution in [1.29, 1.82) is 0 Å². The number of halogens is 1. The number of benzene rings is 1. The van der Waals surface area contributed by atoms with Gasteiger partial charge in [-0.2, -0.15) is 0 Å². The van der Waals surface area contributed by atoms with Crippen LogP contribution in [0.1, 0.15) is 19.3 Å². The van der Waals surface area contributed by atoms with Crippen molar-refractivity contribution in [2.24, 2.45) is 5.41 Å². The highest BCUT2D eigenvalue weighted by Gasteiger charge is 2.41. The molecule has 0 bridgehead atoms. The molecule has 0 atom stereocenters. The molecule has 5 heteroatoms. The molecule has 1 aromatic carbocycles. The highest BCUT2D eigenvalue weighted by atomic mass is 35.5. The van der Waals surface area contributed by atoms with Crippen molar-refractivity contribution in [3.05, 3.63) is 24.3 Å². The quantitative estimate of drug-likeness (QED) is 0.842. The Labute approximate surface area is 111 Å². The minimum Gasteiger partial charge on any atom is -0.352 e. The van der Waals surface area contributed by atoms with Crippen LogP contribution in [0.5, 0.6) is 0 Å². The molecule has 94 valence electrons. The summed E-state index contributed by atoms with van der Waals surface area (Å²) in [5.41, 5.74) is 2.07. The van der Waals surface area contributed by atoms with Crippen LogP contribution in [0.15, 0.2) is 24.3 Å². The lowest BCUT2D eigenvalue weighted by Gasteiger charge is -2.13. The lowest BCUT2D eigenvalue weighted by atomic mass is 10.0. The fourth-order valence-electron chi connectivity index (χ4n) is 2.11. The van der Waals surface area contributed by atoms with Crippen LogP contribution in [0.3, 0.4) is 0 Å². The van der Waals surface area contributed by atoms with Gasteiger partial charge in [0.2, 0.25) is 5.95 Å². The molecule has 3 rings (SSSR count). The molecule has 1 aliphatic carbocycles. The van der Waals surface area contributed by atoms with Crippen molar-refractivity contribution in [3.8, 4) is 0 Å². The molecule has 18 heavy (non-hydrogen) atoms. The molecule has 1 fully saturated rings. The van der Waals surface area contributed by atoms with Crippen molar-refractivity contribution in [3.63, 3.8) is 0 Å². The lowest BCUT2D eigenvalue weighted by molar-refractivity contribution is 0.522. The first-order chi connectivity index (χ1) is 8.81. The number of aromatic nitrogens is 3. The first-order valence-corrected chi connectivity index (χ1v) is 6.74. The number of fused-ring (bicyclic) bond motifs is 1. The van der Waals surface area contributed by atoms with Gasteiger partial charge >= 0.3 is 0 Å². The second-order valence-electron chi connectivity index (χ2n) is 4.92. The van der Waals surface area contributed by atoms with E-state index in [1.54, 1.807) is 0 Å². The van der Waals surface area contributed by atoms with Gasteiger partial charge < -0.3 is 5.32 Å². The normalized spacial score (nSPS) is 16.7. The summed E-state index contributed by atoms with van der Waals surface area (Å²) in [6, 6.07) is 7.75. The number of hydrogen-bond donors (Lipinski definition) is 1. The maximum absolute atomic E-state index is 5.81. The fourth-order valence-corrected chi connectivity index (χ4v) is 2.52. The lowest BCUT2D eigenvalue weighted by Crippen LogP contribution is -2.17. The molecule has 0 spiro atoms. The first-order valence-electron chi connectivity index (χ1n) is 6.21. The Morgan fingerprint density at radius 3 is 2.67 bits per heavy atom. The summed E-state index contributed by atoms with van der Waals surface area (Å²) in [6.45, 7) is 0.889. The molecular formula is C13H15ClN4. The van der Waals surface area contributed by atoms with Crippen LogP contribution in [-0.4, -0.2) is 27.6 Å².